The zero-order valence-corrected chi connectivity index (χ0v) is 24.4. The molecule has 13 heteroatoms. The molecule has 2 heterocycles. The topological polar surface area (TPSA) is 158 Å². The van der Waals surface area contributed by atoms with E-state index in [2.05, 4.69) is 10.5 Å². The number of hydrogen-bond donors (Lipinski definition) is 3. The molecule has 0 aliphatic heterocycles. The highest BCUT2D eigenvalue weighted by molar-refractivity contribution is 7.77. The number of nitrogens with zero attached hydrogens (tertiary/aromatic N) is 3. The third-order valence-corrected chi connectivity index (χ3v) is 7.13. The van der Waals surface area contributed by atoms with Crippen LogP contribution in [0.1, 0.15) is 25.0 Å². The highest BCUT2D eigenvalue weighted by atomic mass is 32.2. The molecule has 5 rings (SSSR count). The monoisotopic (exact) mass is 603 g/mol. The van der Waals surface area contributed by atoms with Crippen molar-refractivity contribution in [2.24, 2.45) is 5.41 Å². The molecule has 0 spiro atoms. The number of rotatable bonds is 10. The first-order chi connectivity index (χ1) is 20.5. The lowest BCUT2D eigenvalue weighted by Crippen LogP contribution is -2.47. The van der Waals surface area contributed by atoms with E-state index >= 15 is 0 Å². The molecule has 1 atom stereocenters. The molecule has 0 aliphatic carbocycles. The van der Waals surface area contributed by atoms with Gasteiger partial charge in [0.15, 0.2) is 5.58 Å². The Morgan fingerprint density at radius 2 is 1.72 bits per heavy atom. The normalized spacial score (nSPS) is 12.2. The van der Waals surface area contributed by atoms with Gasteiger partial charge in [-0.1, -0.05) is 42.0 Å². The van der Waals surface area contributed by atoms with Gasteiger partial charge in [0, 0.05) is 18.3 Å². The van der Waals surface area contributed by atoms with E-state index in [0.717, 1.165) is 21.1 Å². The molecule has 2 aromatic heterocycles. The molecule has 0 bridgehead atoms. The van der Waals surface area contributed by atoms with Gasteiger partial charge in [-0.05, 0) is 67.9 Å². The van der Waals surface area contributed by atoms with Crippen LogP contribution >= 0.6 is 0 Å². The fourth-order valence-corrected chi connectivity index (χ4v) is 4.82. The first-order valence-electron chi connectivity index (χ1n) is 13.2. The van der Waals surface area contributed by atoms with E-state index in [9.17, 15) is 18.6 Å². The van der Waals surface area contributed by atoms with Crippen LogP contribution in [-0.2, 0) is 29.2 Å². The van der Waals surface area contributed by atoms with E-state index in [1.807, 2.05) is 54.1 Å². The van der Waals surface area contributed by atoms with Crippen molar-refractivity contribution in [3.8, 4) is 11.6 Å². The highest BCUT2D eigenvalue weighted by Crippen LogP contribution is 2.30. The Morgan fingerprint density at radius 1 is 1.02 bits per heavy atom. The molecular weight excluding hydrogens is 574 g/mol. The van der Waals surface area contributed by atoms with Crippen LogP contribution in [-0.4, -0.2) is 29.0 Å². The van der Waals surface area contributed by atoms with Gasteiger partial charge in [-0.15, -0.1) is 0 Å². The van der Waals surface area contributed by atoms with Crippen LogP contribution in [0.15, 0.2) is 93.0 Å². The van der Waals surface area contributed by atoms with Crippen LogP contribution in [0.25, 0.3) is 11.0 Å². The Bertz CT molecular complexity index is 1930. The maximum absolute atomic E-state index is 13.7. The van der Waals surface area contributed by atoms with E-state index in [4.69, 9.17) is 13.8 Å². The summed E-state index contributed by atoms with van der Waals surface area (Å²) in [6, 6.07) is 23.1. The van der Waals surface area contributed by atoms with Crippen molar-refractivity contribution in [2.75, 3.05) is 5.32 Å². The second kappa shape index (κ2) is 12.1. The van der Waals surface area contributed by atoms with Crippen LogP contribution in [0.5, 0.6) is 11.6 Å². The van der Waals surface area contributed by atoms with Crippen molar-refractivity contribution < 1.29 is 22.8 Å². The average molecular weight is 604 g/mol. The second-order valence-electron chi connectivity index (χ2n) is 10.6. The standard InChI is InChI=1S/C30H29N5O7S/c1-19-8-10-20(11-9-19)17-34-25(16-26(36)35(29(34)38)18-30(2,3)28(37)33-43(39)40)31-21-12-14-22(15-13-21)41-27-23-6-4-5-7-24(23)42-32-27/h4-16,31H,17-18H2,1-3H3,(H,33,37)(H,39,40). The summed E-state index contributed by atoms with van der Waals surface area (Å²) in [7, 11) is 0. The summed E-state index contributed by atoms with van der Waals surface area (Å²) >= 11 is -2.59. The summed E-state index contributed by atoms with van der Waals surface area (Å²) in [5.41, 5.74) is 0.409. The van der Waals surface area contributed by atoms with Crippen LogP contribution in [0.4, 0.5) is 11.5 Å². The third-order valence-electron chi connectivity index (χ3n) is 6.77. The summed E-state index contributed by atoms with van der Waals surface area (Å²) in [6.07, 6.45) is 0. The lowest BCUT2D eigenvalue weighted by atomic mass is 9.92. The number of para-hydroxylation sites is 1. The number of benzene rings is 3. The minimum Gasteiger partial charge on any atom is -0.436 e. The quantitative estimate of drug-likeness (QED) is 0.198. The molecule has 0 saturated heterocycles. The summed E-state index contributed by atoms with van der Waals surface area (Å²) in [4.78, 5) is 39.4. The third kappa shape index (κ3) is 6.74. The minimum absolute atomic E-state index is 0.134. The smallest absolute Gasteiger partial charge is 0.332 e. The van der Waals surface area contributed by atoms with Gasteiger partial charge in [-0.25, -0.2) is 9.00 Å². The zero-order valence-electron chi connectivity index (χ0n) is 23.6. The number of nitrogens with one attached hydrogen (secondary N) is 2. The summed E-state index contributed by atoms with van der Waals surface area (Å²) in [6.45, 7) is 4.72. The molecule has 0 radical (unpaired) electrons. The summed E-state index contributed by atoms with van der Waals surface area (Å²) in [5.74, 6) is 0.282. The highest BCUT2D eigenvalue weighted by Gasteiger charge is 2.31. The Labute approximate surface area is 248 Å². The van der Waals surface area contributed by atoms with E-state index in [1.165, 1.54) is 24.5 Å². The molecule has 1 unspecified atom stereocenters. The maximum atomic E-state index is 13.7. The Balaban J connectivity index is 1.45. The minimum atomic E-state index is -2.59. The Hall–Kier alpha value is -5.01. The number of anilines is 2. The van der Waals surface area contributed by atoms with Gasteiger partial charge in [-0.2, -0.15) is 0 Å². The van der Waals surface area contributed by atoms with Crippen LogP contribution in [0, 0.1) is 12.3 Å². The average Bonchev–Trinajstić information content (AvgIpc) is 3.37. The van der Waals surface area contributed by atoms with Crippen LogP contribution < -0.4 is 26.0 Å². The first-order valence-corrected chi connectivity index (χ1v) is 14.3. The molecule has 12 nitrogen and oxygen atoms in total. The molecule has 43 heavy (non-hydrogen) atoms. The van der Waals surface area contributed by atoms with Crippen molar-refractivity contribution in [1.29, 1.82) is 0 Å². The first kappa shape index (κ1) is 29.5. The van der Waals surface area contributed by atoms with Gasteiger partial charge < -0.3 is 14.6 Å². The number of fused-ring (bicyclic) bond motifs is 1. The van der Waals surface area contributed by atoms with Crippen molar-refractivity contribution in [3.63, 3.8) is 0 Å². The molecule has 222 valence electrons. The van der Waals surface area contributed by atoms with Crippen molar-refractivity contribution in [3.05, 3.63) is 111 Å². The van der Waals surface area contributed by atoms with Crippen molar-refractivity contribution in [2.45, 2.75) is 33.9 Å². The maximum Gasteiger partial charge on any atom is 0.332 e. The molecule has 3 N–H and O–H groups in total. The molecule has 0 aliphatic rings. The van der Waals surface area contributed by atoms with Gasteiger partial charge in [0.2, 0.25) is 5.91 Å². The van der Waals surface area contributed by atoms with Gasteiger partial charge in [0.25, 0.3) is 22.7 Å². The lowest BCUT2D eigenvalue weighted by Gasteiger charge is -2.24. The predicted molar refractivity (Wildman–Crippen MR) is 162 cm³/mol. The Morgan fingerprint density at radius 3 is 2.42 bits per heavy atom. The predicted octanol–water partition coefficient (Wildman–Crippen LogP) is 4.32. The summed E-state index contributed by atoms with van der Waals surface area (Å²) in [5, 5.41) is 7.85. The van der Waals surface area contributed by atoms with E-state index in [1.54, 1.807) is 30.3 Å². The Kier molecular flexibility index (Phi) is 8.28. The largest absolute Gasteiger partial charge is 0.436 e. The van der Waals surface area contributed by atoms with Crippen LogP contribution in [0.3, 0.4) is 0 Å². The molecule has 0 saturated carbocycles. The van der Waals surface area contributed by atoms with E-state index in [-0.39, 0.29) is 18.9 Å². The SMILES string of the molecule is Cc1ccc(Cn2c(Nc3ccc(Oc4noc5ccccc45)cc3)cc(=O)n(CC(C)(C)C(=O)NS(=O)O)c2=O)cc1. The van der Waals surface area contributed by atoms with Gasteiger partial charge in [0.1, 0.15) is 11.6 Å². The number of carbonyl (C=O) groups excluding carboxylic acids is 1. The molecule has 5 aromatic rings. The van der Waals surface area contributed by atoms with Crippen molar-refractivity contribution in [1.82, 2.24) is 19.0 Å². The molecular formula is C30H29N5O7S. The number of aryl methyl sites for hydroxylation is 1. The fraction of sp³-hybridized carbons (Fsp3) is 0.200. The number of amides is 1. The molecule has 0 fully saturated rings. The number of aromatic nitrogens is 3. The number of carbonyl (C=O) groups is 1. The molecule has 3 aromatic carbocycles. The van der Waals surface area contributed by atoms with E-state index in [0.29, 0.717) is 22.9 Å². The van der Waals surface area contributed by atoms with E-state index < -0.39 is 33.8 Å². The lowest BCUT2D eigenvalue weighted by molar-refractivity contribution is -0.128. The fourth-order valence-electron chi connectivity index (χ4n) is 4.38. The summed E-state index contributed by atoms with van der Waals surface area (Å²) < 4.78 is 35.6. The molecule has 1 amide bonds. The van der Waals surface area contributed by atoms with Gasteiger partial charge in [-0.3, -0.25) is 28.0 Å². The zero-order chi connectivity index (χ0) is 30.7. The number of ether oxygens (including phenoxy) is 1. The van der Waals surface area contributed by atoms with Crippen molar-refractivity contribution >= 4 is 39.6 Å². The second-order valence-corrected chi connectivity index (χ2v) is 11.3. The van der Waals surface area contributed by atoms with Gasteiger partial charge in [0.05, 0.1) is 17.3 Å². The number of hydrogen-bond acceptors (Lipinski definition) is 8. The van der Waals surface area contributed by atoms with Gasteiger partial charge >= 0.3 is 5.69 Å². The van der Waals surface area contributed by atoms with Crippen LogP contribution in [0.2, 0.25) is 0 Å².